The van der Waals surface area contributed by atoms with Crippen LogP contribution in [0.15, 0.2) is 24.3 Å². The maximum absolute atomic E-state index is 11.8. The fourth-order valence-electron chi connectivity index (χ4n) is 3.39. The predicted molar refractivity (Wildman–Crippen MR) is 98.5 cm³/mol. The van der Waals surface area contributed by atoms with Crippen LogP contribution in [0.1, 0.15) is 26.2 Å². The SMILES string of the molecule is CC(=O)NC1CCN(CCOc2ccc(N3CCCOC3=O)cc2)CC1. The van der Waals surface area contributed by atoms with Gasteiger partial charge < -0.3 is 14.8 Å². The van der Waals surface area contributed by atoms with Gasteiger partial charge in [-0.25, -0.2) is 4.79 Å². The number of ether oxygens (including phenoxy) is 2. The van der Waals surface area contributed by atoms with Crippen LogP contribution in [0.5, 0.6) is 5.75 Å². The normalized spacial score (nSPS) is 19.1. The third-order valence-electron chi connectivity index (χ3n) is 4.79. The van der Waals surface area contributed by atoms with Crippen molar-refractivity contribution in [3.63, 3.8) is 0 Å². The van der Waals surface area contributed by atoms with Gasteiger partial charge in [0, 0.05) is 44.8 Å². The molecule has 2 amide bonds. The number of carbonyl (C=O) groups excluding carboxylic acids is 2. The van der Waals surface area contributed by atoms with Crippen molar-refractivity contribution in [3.05, 3.63) is 24.3 Å². The van der Waals surface area contributed by atoms with Crippen LogP contribution in [0.3, 0.4) is 0 Å². The molecule has 7 nitrogen and oxygen atoms in total. The molecule has 7 heteroatoms. The van der Waals surface area contributed by atoms with Crippen molar-refractivity contribution < 1.29 is 19.1 Å². The summed E-state index contributed by atoms with van der Waals surface area (Å²) in [6.07, 6.45) is 2.54. The summed E-state index contributed by atoms with van der Waals surface area (Å²) in [5.74, 6) is 0.848. The molecule has 142 valence electrons. The van der Waals surface area contributed by atoms with Crippen LogP contribution in [-0.2, 0) is 9.53 Å². The Bertz CT molecular complexity index is 612. The van der Waals surface area contributed by atoms with Crippen molar-refractivity contribution in [2.24, 2.45) is 0 Å². The number of nitrogens with one attached hydrogen (secondary N) is 1. The number of anilines is 1. The number of likely N-dealkylation sites (tertiary alicyclic amines) is 1. The summed E-state index contributed by atoms with van der Waals surface area (Å²) < 4.78 is 10.9. The molecule has 1 aromatic carbocycles. The Kier molecular flexibility index (Phi) is 6.33. The Hall–Kier alpha value is -2.28. The first-order valence-corrected chi connectivity index (χ1v) is 9.28. The van der Waals surface area contributed by atoms with Crippen LogP contribution in [-0.4, -0.2) is 62.3 Å². The fourth-order valence-corrected chi connectivity index (χ4v) is 3.39. The zero-order valence-electron chi connectivity index (χ0n) is 15.3. The highest BCUT2D eigenvalue weighted by molar-refractivity contribution is 5.88. The average molecular weight is 361 g/mol. The van der Waals surface area contributed by atoms with E-state index in [1.165, 1.54) is 0 Å². The molecule has 0 spiro atoms. The van der Waals surface area contributed by atoms with E-state index in [9.17, 15) is 9.59 Å². The van der Waals surface area contributed by atoms with Gasteiger partial charge >= 0.3 is 6.09 Å². The van der Waals surface area contributed by atoms with Gasteiger partial charge in [-0.05, 0) is 43.5 Å². The van der Waals surface area contributed by atoms with E-state index in [0.717, 1.165) is 50.3 Å². The van der Waals surface area contributed by atoms with Gasteiger partial charge in [0.25, 0.3) is 0 Å². The molecule has 1 aromatic rings. The van der Waals surface area contributed by atoms with Crippen LogP contribution < -0.4 is 15.0 Å². The lowest BCUT2D eigenvalue weighted by Gasteiger charge is -2.32. The molecular weight excluding hydrogens is 334 g/mol. The largest absolute Gasteiger partial charge is 0.492 e. The Balaban J connectivity index is 1.39. The summed E-state index contributed by atoms with van der Waals surface area (Å²) in [6, 6.07) is 7.86. The minimum Gasteiger partial charge on any atom is -0.492 e. The van der Waals surface area contributed by atoms with Crippen LogP contribution in [0.4, 0.5) is 10.5 Å². The van der Waals surface area contributed by atoms with Crippen molar-refractivity contribution >= 4 is 17.7 Å². The number of benzene rings is 1. The highest BCUT2D eigenvalue weighted by Gasteiger charge is 2.21. The monoisotopic (exact) mass is 361 g/mol. The molecule has 26 heavy (non-hydrogen) atoms. The summed E-state index contributed by atoms with van der Waals surface area (Å²) >= 11 is 0. The van der Waals surface area contributed by atoms with Gasteiger partial charge in [-0.2, -0.15) is 0 Å². The first kappa shape index (κ1) is 18.5. The minimum atomic E-state index is -0.285. The van der Waals surface area contributed by atoms with Gasteiger partial charge in [-0.3, -0.25) is 14.6 Å². The Morgan fingerprint density at radius 2 is 1.96 bits per heavy atom. The summed E-state index contributed by atoms with van der Waals surface area (Å²) in [5, 5.41) is 2.99. The molecular formula is C19H27N3O4. The lowest BCUT2D eigenvalue weighted by Crippen LogP contribution is -2.45. The van der Waals surface area contributed by atoms with E-state index in [-0.39, 0.29) is 12.0 Å². The third kappa shape index (κ3) is 5.11. The van der Waals surface area contributed by atoms with Crippen LogP contribution in [0.2, 0.25) is 0 Å². The standard InChI is InChI=1S/C19H27N3O4/c1-15(23)20-16-7-10-21(11-8-16)12-14-25-18-5-3-17(4-6-18)22-9-2-13-26-19(22)24/h3-6,16H,2,7-14H2,1H3,(H,20,23). The number of rotatable bonds is 6. The van der Waals surface area contributed by atoms with E-state index in [0.29, 0.717) is 25.8 Å². The van der Waals surface area contributed by atoms with E-state index in [4.69, 9.17) is 9.47 Å². The fraction of sp³-hybridized carbons (Fsp3) is 0.579. The zero-order chi connectivity index (χ0) is 18.4. The summed E-state index contributed by atoms with van der Waals surface area (Å²) in [5.41, 5.74) is 0.835. The molecule has 0 aliphatic carbocycles. The molecule has 1 N–H and O–H groups in total. The van der Waals surface area contributed by atoms with Crippen molar-refractivity contribution in [1.29, 1.82) is 0 Å². The second kappa shape index (κ2) is 8.89. The van der Waals surface area contributed by atoms with Gasteiger partial charge in [-0.1, -0.05) is 0 Å². The van der Waals surface area contributed by atoms with E-state index < -0.39 is 0 Å². The summed E-state index contributed by atoms with van der Waals surface area (Å²) in [7, 11) is 0. The number of cyclic esters (lactones) is 1. The average Bonchev–Trinajstić information content (AvgIpc) is 2.64. The van der Waals surface area contributed by atoms with Crippen LogP contribution in [0, 0.1) is 0 Å². The third-order valence-corrected chi connectivity index (χ3v) is 4.79. The van der Waals surface area contributed by atoms with Crippen molar-refractivity contribution in [1.82, 2.24) is 10.2 Å². The number of piperidine rings is 1. The molecule has 2 heterocycles. The Morgan fingerprint density at radius 3 is 2.62 bits per heavy atom. The first-order valence-electron chi connectivity index (χ1n) is 9.28. The number of amides is 2. The van der Waals surface area contributed by atoms with E-state index in [1.54, 1.807) is 11.8 Å². The number of nitrogens with zero attached hydrogens (tertiary/aromatic N) is 2. The quantitative estimate of drug-likeness (QED) is 0.839. The molecule has 2 aliphatic heterocycles. The van der Waals surface area contributed by atoms with E-state index in [1.807, 2.05) is 24.3 Å². The first-order chi connectivity index (χ1) is 12.6. The molecule has 3 rings (SSSR count). The number of carbonyl (C=O) groups is 2. The van der Waals surface area contributed by atoms with Crippen molar-refractivity contribution in [2.75, 3.05) is 44.3 Å². The molecule has 0 aromatic heterocycles. The second-order valence-corrected chi connectivity index (χ2v) is 6.78. The highest BCUT2D eigenvalue weighted by atomic mass is 16.6. The number of hydrogen-bond acceptors (Lipinski definition) is 5. The summed E-state index contributed by atoms with van der Waals surface area (Å²) in [6.45, 7) is 6.20. The van der Waals surface area contributed by atoms with Gasteiger partial charge in [0.15, 0.2) is 0 Å². The van der Waals surface area contributed by atoms with Gasteiger partial charge in [0.1, 0.15) is 12.4 Å². The van der Waals surface area contributed by atoms with E-state index in [2.05, 4.69) is 10.2 Å². The Labute approximate surface area is 154 Å². The summed E-state index contributed by atoms with van der Waals surface area (Å²) in [4.78, 5) is 26.8. The molecule has 0 radical (unpaired) electrons. The van der Waals surface area contributed by atoms with Crippen LogP contribution in [0.25, 0.3) is 0 Å². The minimum absolute atomic E-state index is 0.0491. The zero-order valence-corrected chi connectivity index (χ0v) is 15.3. The second-order valence-electron chi connectivity index (χ2n) is 6.78. The smallest absolute Gasteiger partial charge is 0.414 e. The topological polar surface area (TPSA) is 71.1 Å². The Morgan fingerprint density at radius 1 is 1.23 bits per heavy atom. The van der Waals surface area contributed by atoms with Crippen molar-refractivity contribution in [3.8, 4) is 5.75 Å². The lowest BCUT2D eigenvalue weighted by atomic mass is 10.1. The van der Waals surface area contributed by atoms with Crippen molar-refractivity contribution in [2.45, 2.75) is 32.2 Å². The maximum atomic E-state index is 11.8. The van der Waals surface area contributed by atoms with Gasteiger partial charge in [0.05, 0.1) is 6.61 Å². The van der Waals surface area contributed by atoms with Crippen LogP contribution >= 0.6 is 0 Å². The van der Waals surface area contributed by atoms with Gasteiger partial charge in [0.2, 0.25) is 5.91 Å². The molecule has 0 atom stereocenters. The molecule has 2 aliphatic rings. The maximum Gasteiger partial charge on any atom is 0.414 e. The highest BCUT2D eigenvalue weighted by Crippen LogP contribution is 2.22. The molecule has 0 unspecified atom stereocenters. The molecule has 2 saturated heterocycles. The molecule has 0 saturated carbocycles. The predicted octanol–water partition coefficient (Wildman–Crippen LogP) is 2.01. The molecule has 2 fully saturated rings. The van der Waals surface area contributed by atoms with E-state index >= 15 is 0 Å². The molecule has 0 bridgehead atoms. The van der Waals surface area contributed by atoms with Gasteiger partial charge in [-0.15, -0.1) is 0 Å². The lowest BCUT2D eigenvalue weighted by molar-refractivity contribution is -0.119. The number of hydrogen-bond donors (Lipinski definition) is 1.